The second-order valence-corrected chi connectivity index (χ2v) is 6.01. The summed E-state index contributed by atoms with van der Waals surface area (Å²) < 4.78 is 0. The van der Waals surface area contributed by atoms with Crippen molar-refractivity contribution in [1.29, 1.82) is 0 Å². The average Bonchev–Trinajstić information content (AvgIpc) is 1.99. The number of hydrogen-bond donors (Lipinski definition) is 1. The van der Waals surface area contributed by atoms with Gasteiger partial charge in [-0.2, -0.15) is 0 Å². The molecule has 0 radical (unpaired) electrons. The molecular weight excluding hydrogens is 210 g/mol. The van der Waals surface area contributed by atoms with Gasteiger partial charge < -0.3 is 5.32 Å². The van der Waals surface area contributed by atoms with Crippen molar-refractivity contribution in [3.05, 3.63) is 0 Å². The van der Waals surface area contributed by atoms with Crippen LogP contribution in [0.4, 0.5) is 0 Å². The molecule has 0 spiro atoms. The predicted octanol–water partition coefficient (Wildman–Crippen LogP) is 3.19. The van der Waals surface area contributed by atoms with Crippen LogP contribution in [0.15, 0.2) is 0 Å². The summed E-state index contributed by atoms with van der Waals surface area (Å²) >= 11 is 5.71. The number of rotatable bonds is 5. The largest absolute Gasteiger partial charge is 0.353 e. The quantitative estimate of drug-likeness (QED) is 0.726. The van der Waals surface area contributed by atoms with Crippen LogP contribution in [0.3, 0.4) is 0 Å². The van der Waals surface area contributed by atoms with Crippen LogP contribution >= 0.6 is 11.6 Å². The lowest BCUT2D eigenvalue weighted by molar-refractivity contribution is -0.123. The van der Waals surface area contributed by atoms with Gasteiger partial charge in [-0.1, -0.05) is 34.6 Å². The van der Waals surface area contributed by atoms with Crippen molar-refractivity contribution in [3.63, 3.8) is 0 Å². The van der Waals surface area contributed by atoms with E-state index in [4.69, 9.17) is 11.6 Å². The fourth-order valence-corrected chi connectivity index (χ4v) is 1.66. The lowest BCUT2D eigenvalue weighted by Gasteiger charge is -2.24. The molecule has 90 valence electrons. The highest BCUT2D eigenvalue weighted by molar-refractivity contribution is 6.17. The molecule has 0 rings (SSSR count). The number of carbonyl (C=O) groups is 1. The second kappa shape index (κ2) is 6.37. The van der Waals surface area contributed by atoms with Crippen LogP contribution in [0.5, 0.6) is 0 Å². The molecule has 0 aliphatic rings. The molecule has 0 saturated carbocycles. The molecule has 0 fully saturated rings. The summed E-state index contributed by atoms with van der Waals surface area (Å²) in [6.45, 7) is 10.4. The topological polar surface area (TPSA) is 29.1 Å². The lowest BCUT2D eigenvalue weighted by atomic mass is 9.91. The Morgan fingerprint density at radius 2 is 1.87 bits per heavy atom. The molecular formula is C12H24ClNO. The van der Waals surface area contributed by atoms with Crippen LogP contribution in [0.2, 0.25) is 0 Å². The van der Waals surface area contributed by atoms with E-state index in [1.807, 2.05) is 0 Å². The monoisotopic (exact) mass is 233 g/mol. The van der Waals surface area contributed by atoms with E-state index in [1.165, 1.54) is 0 Å². The molecule has 2 nitrogen and oxygen atoms in total. The van der Waals surface area contributed by atoms with Gasteiger partial charge in [0.15, 0.2) is 0 Å². The van der Waals surface area contributed by atoms with E-state index in [0.717, 1.165) is 6.42 Å². The molecule has 15 heavy (non-hydrogen) atoms. The van der Waals surface area contributed by atoms with Crippen molar-refractivity contribution >= 4 is 17.5 Å². The highest BCUT2D eigenvalue weighted by Crippen LogP contribution is 2.18. The van der Waals surface area contributed by atoms with Gasteiger partial charge in [-0.25, -0.2) is 0 Å². The van der Waals surface area contributed by atoms with Crippen molar-refractivity contribution < 1.29 is 4.79 Å². The summed E-state index contributed by atoms with van der Waals surface area (Å²) in [6, 6.07) is 0.206. The Balaban J connectivity index is 4.11. The maximum atomic E-state index is 11.7. The van der Waals surface area contributed by atoms with Crippen LogP contribution in [-0.2, 0) is 4.79 Å². The average molecular weight is 234 g/mol. The fourth-order valence-electron chi connectivity index (χ4n) is 1.43. The summed E-state index contributed by atoms with van der Waals surface area (Å²) in [6.07, 6.45) is 1.41. The number of amides is 1. The second-order valence-electron chi connectivity index (χ2n) is 5.63. The van der Waals surface area contributed by atoms with Crippen molar-refractivity contribution in [2.45, 2.75) is 53.5 Å². The van der Waals surface area contributed by atoms with Crippen molar-refractivity contribution in [1.82, 2.24) is 5.32 Å². The number of alkyl halides is 1. The van der Waals surface area contributed by atoms with Gasteiger partial charge in [-0.05, 0) is 17.8 Å². The van der Waals surface area contributed by atoms with E-state index in [0.29, 0.717) is 18.2 Å². The third kappa shape index (κ3) is 7.66. The molecule has 0 aromatic heterocycles. The van der Waals surface area contributed by atoms with Gasteiger partial charge in [0.05, 0.1) is 0 Å². The molecule has 1 unspecified atom stereocenters. The van der Waals surface area contributed by atoms with Crippen LogP contribution in [-0.4, -0.2) is 17.8 Å². The van der Waals surface area contributed by atoms with Gasteiger partial charge in [-0.15, -0.1) is 11.6 Å². The highest BCUT2D eigenvalue weighted by atomic mass is 35.5. The van der Waals surface area contributed by atoms with E-state index < -0.39 is 0 Å². The Kier molecular flexibility index (Phi) is 6.26. The zero-order valence-corrected chi connectivity index (χ0v) is 11.3. The molecule has 1 amide bonds. The molecule has 0 aromatic carbocycles. The van der Waals surface area contributed by atoms with Gasteiger partial charge in [0.25, 0.3) is 0 Å². The number of nitrogens with one attached hydrogen (secondary N) is 1. The van der Waals surface area contributed by atoms with Crippen LogP contribution < -0.4 is 5.32 Å². The molecule has 0 heterocycles. The third-order valence-electron chi connectivity index (χ3n) is 2.26. The van der Waals surface area contributed by atoms with Crippen molar-refractivity contribution in [2.24, 2.45) is 11.3 Å². The molecule has 0 aliphatic heterocycles. The fraction of sp³-hybridized carbons (Fsp3) is 0.917. The van der Waals surface area contributed by atoms with Gasteiger partial charge in [0, 0.05) is 18.3 Å². The van der Waals surface area contributed by atoms with Crippen molar-refractivity contribution in [3.8, 4) is 0 Å². The molecule has 1 atom stereocenters. The zero-order valence-electron chi connectivity index (χ0n) is 10.6. The smallest absolute Gasteiger partial charge is 0.220 e. The van der Waals surface area contributed by atoms with Gasteiger partial charge in [-0.3, -0.25) is 4.79 Å². The molecule has 0 bridgehead atoms. The summed E-state index contributed by atoms with van der Waals surface area (Å²) in [5.41, 5.74) is 0.0482. The Hall–Kier alpha value is -0.240. The Bertz CT molecular complexity index is 196. The first-order valence-corrected chi connectivity index (χ1v) is 6.15. The maximum Gasteiger partial charge on any atom is 0.220 e. The first-order chi connectivity index (χ1) is 6.76. The van der Waals surface area contributed by atoms with Gasteiger partial charge >= 0.3 is 0 Å². The number of halogens is 1. The normalized spacial score (nSPS) is 14.1. The van der Waals surface area contributed by atoms with E-state index in [1.54, 1.807) is 0 Å². The molecule has 0 saturated heterocycles. The minimum atomic E-state index is 0.0482. The van der Waals surface area contributed by atoms with E-state index >= 15 is 0 Å². The summed E-state index contributed by atoms with van der Waals surface area (Å²) in [7, 11) is 0. The first-order valence-electron chi connectivity index (χ1n) is 5.61. The van der Waals surface area contributed by atoms with E-state index in [2.05, 4.69) is 39.9 Å². The summed E-state index contributed by atoms with van der Waals surface area (Å²) in [4.78, 5) is 11.7. The third-order valence-corrected chi connectivity index (χ3v) is 2.48. The maximum absolute atomic E-state index is 11.7. The minimum absolute atomic E-state index is 0.0482. The predicted molar refractivity (Wildman–Crippen MR) is 66.2 cm³/mol. The summed E-state index contributed by atoms with van der Waals surface area (Å²) in [5, 5.41) is 3.05. The standard InChI is InChI=1S/C12H24ClNO/c1-9(2)10(6-7-13)14-11(15)8-12(3,4)5/h9-10H,6-8H2,1-5H3,(H,14,15). The molecule has 3 heteroatoms. The Labute approximate surface area is 98.8 Å². The van der Waals surface area contributed by atoms with E-state index in [-0.39, 0.29) is 17.4 Å². The molecule has 0 aromatic rings. The zero-order chi connectivity index (χ0) is 12.1. The molecule has 0 aliphatic carbocycles. The first kappa shape index (κ1) is 14.8. The Morgan fingerprint density at radius 1 is 1.33 bits per heavy atom. The highest BCUT2D eigenvalue weighted by Gasteiger charge is 2.20. The minimum Gasteiger partial charge on any atom is -0.353 e. The molecule has 1 N–H and O–H groups in total. The van der Waals surface area contributed by atoms with Crippen molar-refractivity contribution in [2.75, 3.05) is 5.88 Å². The lowest BCUT2D eigenvalue weighted by Crippen LogP contribution is -2.40. The van der Waals surface area contributed by atoms with Crippen LogP contribution in [0.25, 0.3) is 0 Å². The van der Waals surface area contributed by atoms with Crippen LogP contribution in [0.1, 0.15) is 47.5 Å². The SMILES string of the molecule is CC(C)C(CCCl)NC(=O)CC(C)(C)C. The van der Waals surface area contributed by atoms with Gasteiger partial charge in [0.1, 0.15) is 0 Å². The summed E-state index contributed by atoms with van der Waals surface area (Å²) in [5.74, 6) is 1.16. The number of carbonyl (C=O) groups excluding carboxylic acids is 1. The van der Waals surface area contributed by atoms with Crippen LogP contribution in [0, 0.1) is 11.3 Å². The number of hydrogen-bond acceptors (Lipinski definition) is 1. The Morgan fingerprint density at radius 3 is 2.20 bits per heavy atom. The van der Waals surface area contributed by atoms with E-state index in [9.17, 15) is 4.79 Å². The van der Waals surface area contributed by atoms with Gasteiger partial charge in [0.2, 0.25) is 5.91 Å².